The highest BCUT2D eigenvalue weighted by Crippen LogP contribution is 2.47. The molecule has 2 aromatic heterocycles. The molecule has 5 nitrogen and oxygen atoms in total. The Kier molecular flexibility index (Phi) is 3.15. The van der Waals surface area contributed by atoms with Crippen LogP contribution in [0.3, 0.4) is 0 Å². The van der Waals surface area contributed by atoms with Gasteiger partial charge in [0.1, 0.15) is 11.3 Å². The maximum absolute atomic E-state index is 12.8. The predicted molar refractivity (Wildman–Crippen MR) is 98.8 cm³/mol. The summed E-state index contributed by atoms with van der Waals surface area (Å²) >= 11 is 0. The molecule has 0 spiro atoms. The van der Waals surface area contributed by atoms with Crippen LogP contribution in [0.1, 0.15) is 28.4 Å². The second-order valence-electron chi connectivity index (χ2n) is 6.37. The summed E-state index contributed by atoms with van der Waals surface area (Å²) in [5.41, 5.74) is 3.07. The first-order chi connectivity index (χ1) is 12.7. The van der Waals surface area contributed by atoms with E-state index >= 15 is 0 Å². The number of ether oxygens (including phenoxy) is 1. The number of aromatic amines is 1. The first-order valence-electron chi connectivity index (χ1n) is 8.43. The van der Waals surface area contributed by atoms with Crippen molar-refractivity contribution in [3.63, 3.8) is 0 Å². The lowest BCUT2D eigenvalue weighted by Gasteiger charge is -2.27. The van der Waals surface area contributed by atoms with E-state index in [-0.39, 0.29) is 11.5 Å². The number of hydrogen-bond donors (Lipinski definition) is 1. The Morgan fingerprint density at radius 1 is 1.04 bits per heavy atom. The van der Waals surface area contributed by atoms with Crippen LogP contribution >= 0.6 is 0 Å². The van der Waals surface area contributed by atoms with Gasteiger partial charge in [-0.2, -0.15) is 4.98 Å². The Hall–Kier alpha value is -3.47. The maximum Gasteiger partial charge on any atom is 0.258 e. The number of fused-ring (bicyclic) bond motifs is 4. The minimum Gasteiger partial charge on any atom is -0.436 e. The molecular formula is C21H15N3O2. The van der Waals surface area contributed by atoms with Crippen LogP contribution < -0.4 is 10.3 Å². The molecular weight excluding hydrogens is 326 g/mol. The molecule has 4 aromatic rings. The highest BCUT2D eigenvalue weighted by Gasteiger charge is 2.33. The summed E-state index contributed by atoms with van der Waals surface area (Å²) in [6, 6.07) is 17.9. The van der Waals surface area contributed by atoms with Gasteiger partial charge in [-0.1, -0.05) is 48.5 Å². The monoisotopic (exact) mass is 341 g/mol. The van der Waals surface area contributed by atoms with Crippen LogP contribution in [0.15, 0.2) is 65.6 Å². The fraction of sp³-hybridized carbons (Fsp3) is 0.0952. The topological polar surface area (TPSA) is 67.9 Å². The molecule has 1 aliphatic rings. The molecule has 2 aromatic carbocycles. The second-order valence-corrected chi connectivity index (χ2v) is 6.37. The molecule has 0 saturated carbocycles. The molecule has 126 valence electrons. The number of H-pyrrole nitrogens is 1. The average molecular weight is 341 g/mol. The van der Waals surface area contributed by atoms with Gasteiger partial charge in [-0.3, -0.25) is 9.78 Å². The number of aryl methyl sites for hydroxylation is 1. The first kappa shape index (κ1) is 14.8. The second kappa shape index (κ2) is 5.52. The van der Waals surface area contributed by atoms with Gasteiger partial charge in [-0.05, 0) is 18.6 Å². The van der Waals surface area contributed by atoms with Crippen LogP contribution in [0.4, 0.5) is 0 Å². The third-order valence-electron chi connectivity index (χ3n) is 4.73. The Morgan fingerprint density at radius 3 is 2.73 bits per heavy atom. The zero-order valence-corrected chi connectivity index (χ0v) is 14.1. The van der Waals surface area contributed by atoms with Crippen molar-refractivity contribution >= 4 is 10.9 Å². The molecule has 0 radical (unpaired) electrons. The van der Waals surface area contributed by atoms with Crippen molar-refractivity contribution in [3.8, 4) is 11.6 Å². The number of nitrogens with one attached hydrogen (secondary N) is 1. The van der Waals surface area contributed by atoms with E-state index in [1.807, 2.05) is 54.6 Å². The van der Waals surface area contributed by atoms with Crippen molar-refractivity contribution in [1.82, 2.24) is 15.0 Å². The Labute approximate surface area is 149 Å². The molecule has 3 heterocycles. The molecule has 0 bridgehead atoms. The van der Waals surface area contributed by atoms with Crippen LogP contribution in [0.2, 0.25) is 0 Å². The number of hydrogen-bond acceptors (Lipinski definition) is 4. The van der Waals surface area contributed by atoms with E-state index in [0.717, 1.165) is 22.0 Å². The van der Waals surface area contributed by atoms with Gasteiger partial charge in [-0.15, -0.1) is 0 Å². The number of benzene rings is 2. The van der Waals surface area contributed by atoms with Gasteiger partial charge in [0.2, 0.25) is 5.88 Å². The van der Waals surface area contributed by atoms with E-state index in [1.165, 1.54) is 0 Å². The lowest BCUT2D eigenvalue weighted by atomic mass is 9.83. The van der Waals surface area contributed by atoms with Crippen LogP contribution in [0, 0.1) is 6.92 Å². The minimum atomic E-state index is -0.252. The fourth-order valence-corrected chi connectivity index (χ4v) is 3.61. The SMILES string of the molecule is Cc1nc2c(c(=O)[nH]1)C(c1ccccc1)c1ccc3cccnc3c1O2. The first-order valence-corrected chi connectivity index (χ1v) is 8.43. The van der Waals surface area contributed by atoms with Gasteiger partial charge in [0.15, 0.2) is 5.75 Å². The molecule has 0 amide bonds. The Morgan fingerprint density at radius 2 is 1.88 bits per heavy atom. The van der Waals surface area contributed by atoms with Crippen molar-refractivity contribution in [2.75, 3.05) is 0 Å². The van der Waals surface area contributed by atoms with E-state index in [2.05, 4.69) is 15.0 Å². The smallest absolute Gasteiger partial charge is 0.258 e. The summed E-state index contributed by atoms with van der Waals surface area (Å²) < 4.78 is 6.11. The van der Waals surface area contributed by atoms with Crippen molar-refractivity contribution in [1.29, 1.82) is 0 Å². The summed E-state index contributed by atoms with van der Waals surface area (Å²) in [5.74, 6) is 1.29. The van der Waals surface area contributed by atoms with Gasteiger partial charge in [0.05, 0.1) is 5.56 Å². The molecule has 5 heteroatoms. The largest absolute Gasteiger partial charge is 0.436 e. The van der Waals surface area contributed by atoms with Gasteiger partial charge < -0.3 is 9.72 Å². The standard InChI is InChI=1S/C21H15N3O2/c1-12-23-20(25)17-16(13-6-3-2-4-7-13)15-10-9-14-8-5-11-22-18(14)19(15)26-21(17)24-12/h2-11,16H,1H3,(H,23,24,25). The van der Waals surface area contributed by atoms with E-state index in [9.17, 15) is 4.79 Å². The minimum absolute atomic E-state index is 0.173. The predicted octanol–water partition coefficient (Wildman–Crippen LogP) is 3.91. The normalized spacial score (nSPS) is 15.2. The van der Waals surface area contributed by atoms with Crippen molar-refractivity contribution in [2.45, 2.75) is 12.8 Å². The van der Waals surface area contributed by atoms with Crippen LogP contribution in [0.25, 0.3) is 10.9 Å². The summed E-state index contributed by atoms with van der Waals surface area (Å²) in [5, 5.41) is 0.989. The van der Waals surface area contributed by atoms with Crippen LogP contribution in [0.5, 0.6) is 11.6 Å². The third kappa shape index (κ3) is 2.14. The molecule has 1 N–H and O–H groups in total. The molecule has 1 aliphatic heterocycles. The van der Waals surface area contributed by atoms with Gasteiger partial charge in [-0.25, -0.2) is 0 Å². The quantitative estimate of drug-likeness (QED) is 0.502. The van der Waals surface area contributed by atoms with Gasteiger partial charge >= 0.3 is 0 Å². The molecule has 5 rings (SSSR count). The summed E-state index contributed by atoms with van der Waals surface area (Å²) in [6.45, 7) is 1.75. The average Bonchev–Trinajstić information content (AvgIpc) is 2.67. The lowest BCUT2D eigenvalue weighted by Crippen LogP contribution is -2.24. The van der Waals surface area contributed by atoms with E-state index in [0.29, 0.717) is 23.0 Å². The zero-order valence-electron chi connectivity index (χ0n) is 14.1. The maximum atomic E-state index is 12.8. The number of rotatable bonds is 1. The van der Waals surface area contributed by atoms with E-state index in [4.69, 9.17) is 4.74 Å². The number of aromatic nitrogens is 3. The van der Waals surface area contributed by atoms with Gasteiger partial charge in [0, 0.05) is 23.1 Å². The molecule has 0 fully saturated rings. The third-order valence-corrected chi connectivity index (χ3v) is 4.73. The molecule has 1 unspecified atom stereocenters. The molecule has 0 aliphatic carbocycles. The Bertz CT molecular complexity index is 1200. The Balaban J connectivity index is 1.88. The van der Waals surface area contributed by atoms with Crippen LogP contribution in [-0.4, -0.2) is 15.0 Å². The highest BCUT2D eigenvalue weighted by atomic mass is 16.5. The zero-order chi connectivity index (χ0) is 17.7. The van der Waals surface area contributed by atoms with Crippen molar-refractivity contribution in [2.24, 2.45) is 0 Å². The molecule has 26 heavy (non-hydrogen) atoms. The summed E-state index contributed by atoms with van der Waals surface area (Å²) in [6.07, 6.45) is 1.75. The van der Waals surface area contributed by atoms with E-state index < -0.39 is 0 Å². The highest BCUT2D eigenvalue weighted by molar-refractivity contribution is 5.87. The van der Waals surface area contributed by atoms with E-state index in [1.54, 1.807) is 13.1 Å². The fourth-order valence-electron chi connectivity index (χ4n) is 3.61. The number of nitrogens with zero attached hydrogens (tertiary/aromatic N) is 2. The van der Waals surface area contributed by atoms with Gasteiger partial charge in [0.25, 0.3) is 5.56 Å². The molecule has 0 saturated heterocycles. The number of pyridine rings is 1. The summed E-state index contributed by atoms with van der Waals surface area (Å²) in [4.78, 5) is 24.5. The van der Waals surface area contributed by atoms with Crippen molar-refractivity contribution in [3.05, 3.63) is 93.7 Å². The van der Waals surface area contributed by atoms with Crippen LogP contribution in [-0.2, 0) is 0 Å². The summed E-state index contributed by atoms with van der Waals surface area (Å²) in [7, 11) is 0. The molecule has 1 atom stereocenters. The lowest BCUT2D eigenvalue weighted by molar-refractivity contribution is 0.432. The van der Waals surface area contributed by atoms with Crippen molar-refractivity contribution < 1.29 is 4.74 Å².